The number of hydrogen-bond acceptors (Lipinski definition) is 5. The molecule has 0 fully saturated rings. The van der Waals surface area contributed by atoms with E-state index in [4.69, 9.17) is 15.7 Å². The largest absolute Gasteiger partial charge is 0.341 e. The van der Waals surface area contributed by atoms with Gasteiger partial charge in [0.15, 0.2) is 0 Å². The van der Waals surface area contributed by atoms with Gasteiger partial charge in [-0.3, -0.25) is 9.88 Å². The van der Waals surface area contributed by atoms with E-state index in [-0.39, 0.29) is 23.0 Å². The fourth-order valence-electron chi connectivity index (χ4n) is 4.82. The molecule has 2 aromatic heterocycles. The number of nitrogens with two attached hydrogens (primary N) is 1. The lowest BCUT2D eigenvalue weighted by Gasteiger charge is -2.34. The van der Waals surface area contributed by atoms with Crippen molar-refractivity contribution in [1.82, 2.24) is 25.2 Å². The fraction of sp³-hybridized carbons (Fsp3) is 0.333. The van der Waals surface area contributed by atoms with E-state index >= 15 is 0 Å². The molecule has 7 heteroatoms. The number of hydrogen-bond donors (Lipinski definition) is 3. The second-order valence-electron chi connectivity index (χ2n) is 8.84. The number of H-pyrrole nitrogens is 1. The first-order valence-corrected chi connectivity index (χ1v) is 11.9. The summed E-state index contributed by atoms with van der Waals surface area (Å²) in [6.07, 6.45) is 5.35. The van der Waals surface area contributed by atoms with E-state index in [1.165, 1.54) is 28.8 Å². The van der Waals surface area contributed by atoms with Gasteiger partial charge in [0.2, 0.25) is 0 Å². The molecule has 0 amide bonds. The lowest BCUT2D eigenvalue weighted by atomic mass is 9.90. The van der Waals surface area contributed by atoms with Gasteiger partial charge in [0.05, 0.1) is 29.3 Å². The molecule has 1 aliphatic rings. The van der Waals surface area contributed by atoms with E-state index in [0.29, 0.717) is 6.54 Å². The monoisotopic (exact) mass is 520 g/mol. The van der Waals surface area contributed by atoms with Crippen molar-refractivity contribution in [1.29, 1.82) is 0 Å². The Labute approximate surface area is 211 Å². The van der Waals surface area contributed by atoms with Gasteiger partial charge in [0.1, 0.15) is 5.82 Å². The number of imidazole rings is 1. The average molecular weight is 522 g/mol. The molecule has 1 unspecified atom stereocenters. The predicted octanol–water partition coefficient (Wildman–Crippen LogP) is 4.66. The molecule has 0 saturated carbocycles. The summed E-state index contributed by atoms with van der Waals surface area (Å²) in [6.45, 7) is 3.95. The molecule has 5 rings (SSSR count). The molecule has 0 spiro atoms. The standard InChI is InChI=1S/C27H32N6.BrH/c28-14-16-29-17-20-10-12-21(13-11-20)18-33(19-26-31-23-7-1-2-8-24(23)32-26)25-9-3-5-22-6-4-15-30-27(22)25;/h1-2,4,6-8,10-13,15,25,29H,3,5,9,14,16-19,28H2,(H,31,32);1H. The topological polar surface area (TPSA) is 82.9 Å². The van der Waals surface area contributed by atoms with Gasteiger partial charge in [-0.05, 0) is 54.2 Å². The first kappa shape index (κ1) is 24.5. The maximum atomic E-state index is 5.58. The summed E-state index contributed by atoms with van der Waals surface area (Å²) in [5, 5.41) is 3.36. The molecule has 4 aromatic rings. The van der Waals surface area contributed by atoms with E-state index in [0.717, 1.165) is 55.9 Å². The van der Waals surface area contributed by atoms with E-state index in [9.17, 15) is 0 Å². The Bertz CT molecular complexity index is 1160. The van der Waals surface area contributed by atoms with Crippen molar-refractivity contribution in [3.63, 3.8) is 0 Å². The minimum Gasteiger partial charge on any atom is -0.341 e. The molecule has 0 saturated heterocycles. The molecular weight excluding hydrogens is 488 g/mol. The Hall–Kier alpha value is -2.58. The number of halogens is 1. The summed E-state index contributed by atoms with van der Waals surface area (Å²) < 4.78 is 0. The summed E-state index contributed by atoms with van der Waals surface area (Å²) in [7, 11) is 0. The van der Waals surface area contributed by atoms with E-state index in [2.05, 4.69) is 63.7 Å². The zero-order valence-electron chi connectivity index (χ0n) is 19.4. The third-order valence-corrected chi connectivity index (χ3v) is 6.46. The van der Waals surface area contributed by atoms with Crippen molar-refractivity contribution in [2.45, 2.75) is 44.9 Å². The number of aryl methyl sites for hydroxylation is 1. The summed E-state index contributed by atoms with van der Waals surface area (Å²) in [4.78, 5) is 15.7. The smallest absolute Gasteiger partial charge is 0.121 e. The number of aromatic amines is 1. The second-order valence-corrected chi connectivity index (χ2v) is 8.84. The van der Waals surface area contributed by atoms with E-state index in [1.54, 1.807) is 0 Å². The summed E-state index contributed by atoms with van der Waals surface area (Å²) in [5.41, 5.74) is 12.9. The highest BCUT2D eigenvalue weighted by Crippen LogP contribution is 2.34. The maximum absolute atomic E-state index is 5.58. The Morgan fingerprint density at radius 3 is 2.65 bits per heavy atom. The van der Waals surface area contributed by atoms with Gasteiger partial charge < -0.3 is 16.0 Å². The summed E-state index contributed by atoms with van der Waals surface area (Å²) in [5.74, 6) is 1.00. The van der Waals surface area contributed by atoms with Crippen LogP contribution in [-0.2, 0) is 26.1 Å². The van der Waals surface area contributed by atoms with E-state index in [1.807, 2.05) is 18.3 Å². The first-order chi connectivity index (χ1) is 16.3. The van der Waals surface area contributed by atoms with Crippen LogP contribution in [0.1, 0.15) is 47.1 Å². The zero-order valence-corrected chi connectivity index (χ0v) is 21.1. The first-order valence-electron chi connectivity index (χ1n) is 11.9. The van der Waals surface area contributed by atoms with Crippen molar-refractivity contribution >= 4 is 28.0 Å². The van der Waals surface area contributed by atoms with Crippen LogP contribution in [0.5, 0.6) is 0 Å². The van der Waals surface area contributed by atoms with Crippen LogP contribution in [0.4, 0.5) is 0 Å². The third-order valence-electron chi connectivity index (χ3n) is 6.46. The van der Waals surface area contributed by atoms with Crippen molar-refractivity contribution in [3.05, 3.63) is 95.1 Å². The minimum absolute atomic E-state index is 0. The molecule has 0 aliphatic heterocycles. The van der Waals surface area contributed by atoms with E-state index < -0.39 is 0 Å². The lowest BCUT2D eigenvalue weighted by molar-refractivity contribution is 0.153. The highest BCUT2D eigenvalue weighted by molar-refractivity contribution is 8.93. The van der Waals surface area contributed by atoms with Crippen LogP contribution >= 0.6 is 17.0 Å². The summed E-state index contributed by atoms with van der Waals surface area (Å²) >= 11 is 0. The van der Waals surface area contributed by atoms with Gasteiger partial charge >= 0.3 is 0 Å². The highest BCUT2D eigenvalue weighted by atomic mass is 79.9. The molecule has 2 aromatic carbocycles. The Morgan fingerprint density at radius 2 is 1.82 bits per heavy atom. The van der Waals surface area contributed by atoms with Crippen molar-refractivity contribution < 1.29 is 0 Å². The number of nitrogens with zero attached hydrogens (tertiary/aromatic N) is 3. The average Bonchev–Trinajstić information content (AvgIpc) is 3.27. The van der Waals surface area contributed by atoms with Crippen molar-refractivity contribution in [2.75, 3.05) is 13.1 Å². The summed E-state index contributed by atoms with van der Waals surface area (Å²) in [6, 6.07) is 21.7. The molecule has 1 aliphatic carbocycles. The van der Waals surface area contributed by atoms with Gasteiger partial charge in [-0.1, -0.05) is 42.5 Å². The fourth-order valence-corrected chi connectivity index (χ4v) is 4.82. The number of rotatable bonds is 9. The highest BCUT2D eigenvalue weighted by Gasteiger charge is 2.28. The van der Waals surface area contributed by atoms with Crippen LogP contribution in [0.25, 0.3) is 11.0 Å². The molecule has 1 atom stereocenters. The zero-order chi connectivity index (χ0) is 22.5. The number of pyridine rings is 1. The van der Waals surface area contributed by atoms with Gasteiger partial charge in [0.25, 0.3) is 0 Å². The van der Waals surface area contributed by atoms with Crippen LogP contribution in [0, 0.1) is 0 Å². The second kappa shape index (κ2) is 11.7. The maximum Gasteiger partial charge on any atom is 0.121 e. The predicted molar refractivity (Wildman–Crippen MR) is 143 cm³/mol. The van der Waals surface area contributed by atoms with Gasteiger partial charge in [-0.2, -0.15) is 0 Å². The minimum atomic E-state index is 0. The third kappa shape index (κ3) is 5.73. The van der Waals surface area contributed by atoms with Crippen LogP contribution in [0.15, 0.2) is 66.9 Å². The molecule has 2 heterocycles. The SMILES string of the molecule is Br.NCCNCc1ccc(CN(Cc2nc3ccccc3[nH]2)C2CCCc3cccnc32)cc1. The molecule has 178 valence electrons. The number of para-hydroxylation sites is 2. The molecule has 0 bridgehead atoms. The Kier molecular flexibility index (Phi) is 8.45. The Balaban J connectivity index is 0.00000274. The number of aromatic nitrogens is 3. The molecule has 0 radical (unpaired) electrons. The van der Waals surface area contributed by atoms with Gasteiger partial charge in [-0.15, -0.1) is 17.0 Å². The van der Waals surface area contributed by atoms with Gasteiger partial charge in [-0.25, -0.2) is 4.98 Å². The Morgan fingerprint density at radius 1 is 1.00 bits per heavy atom. The van der Waals surface area contributed by atoms with Crippen LogP contribution < -0.4 is 11.1 Å². The van der Waals surface area contributed by atoms with Crippen molar-refractivity contribution in [2.24, 2.45) is 5.73 Å². The molecular formula is C27H33BrN6. The lowest BCUT2D eigenvalue weighted by Crippen LogP contribution is -2.31. The molecule has 6 nitrogen and oxygen atoms in total. The van der Waals surface area contributed by atoms with Crippen LogP contribution in [-0.4, -0.2) is 32.9 Å². The molecule has 34 heavy (non-hydrogen) atoms. The quantitative estimate of drug-likeness (QED) is 0.279. The number of fused-ring (bicyclic) bond motifs is 2. The van der Waals surface area contributed by atoms with Crippen LogP contribution in [0.2, 0.25) is 0 Å². The molecule has 4 N–H and O–H groups in total. The van der Waals surface area contributed by atoms with Crippen LogP contribution in [0.3, 0.4) is 0 Å². The van der Waals surface area contributed by atoms with Crippen molar-refractivity contribution in [3.8, 4) is 0 Å². The number of benzene rings is 2. The van der Waals surface area contributed by atoms with Gasteiger partial charge in [0, 0.05) is 32.4 Å². The number of nitrogens with one attached hydrogen (secondary N) is 2. The normalized spacial score (nSPS) is 15.3.